The van der Waals surface area contributed by atoms with Crippen molar-refractivity contribution in [3.63, 3.8) is 0 Å². The highest BCUT2D eigenvalue weighted by molar-refractivity contribution is 6.30. The summed E-state index contributed by atoms with van der Waals surface area (Å²) in [7, 11) is 0. The highest BCUT2D eigenvalue weighted by Gasteiger charge is 2.07. The number of unbranched alkanes of at least 4 members (excludes halogenated alkanes) is 1. The van der Waals surface area contributed by atoms with Gasteiger partial charge in [-0.1, -0.05) is 18.5 Å². The van der Waals surface area contributed by atoms with Gasteiger partial charge >= 0.3 is 0 Å². The third-order valence-corrected chi connectivity index (χ3v) is 3.78. The van der Waals surface area contributed by atoms with Crippen LogP contribution in [0.4, 0.5) is 5.69 Å². The van der Waals surface area contributed by atoms with Crippen molar-refractivity contribution in [3.8, 4) is 11.5 Å². The van der Waals surface area contributed by atoms with Crippen LogP contribution in [0.5, 0.6) is 11.5 Å². The van der Waals surface area contributed by atoms with Gasteiger partial charge in [0.05, 0.1) is 18.9 Å². The fourth-order valence-corrected chi connectivity index (χ4v) is 2.29. The molecule has 0 saturated heterocycles. The molecule has 2 aromatic rings. The molecule has 5 heteroatoms. The number of carbonyl (C=O) groups is 1. The van der Waals surface area contributed by atoms with Crippen molar-refractivity contribution in [2.24, 2.45) is 0 Å². The quantitative estimate of drug-likeness (QED) is 0.404. The van der Waals surface area contributed by atoms with Crippen LogP contribution in [0.1, 0.15) is 36.5 Å². The number of ketones is 1. The van der Waals surface area contributed by atoms with Crippen molar-refractivity contribution in [1.29, 1.82) is 0 Å². The number of benzene rings is 2. The summed E-state index contributed by atoms with van der Waals surface area (Å²) in [6.45, 7) is 2.99. The lowest BCUT2D eigenvalue weighted by Gasteiger charge is -2.10. The van der Waals surface area contributed by atoms with E-state index in [-0.39, 0.29) is 5.78 Å². The average molecular weight is 348 g/mol. The van der Waals surface area contributed by atoms with Crippen molar-refractivity contribution in [2.45, 2.75) is 26.2 Å². The van der Waals surface area contributed by atoms with E-state index in [9.17, 15) is 4.79 Å². The summed E-state index contributed by atoms with van der Waals surface area (Å²) in [4.78, 5) is 11.6. The van der Waals surface area contributed by atoms with Gasteiger partial charge in [0, 0.05) is 17.0 Å². The Morgan fingerprint density at radius 3 is 2.33 bits per heavy atom. The first-order chi connectivity index (χ1) is 11.6. The summed E-state index contributed by atoms with van der Waals surface area (Å²) in [6, 6.07) is 12.5. The lowest BCUT2D eigenvalue weighted by atomic mass is 10.1. The summed E-state index contributed by atoms with van der Waals surface area (Å²) in [5.74, 6) is 1.50. The van der Waals surface area contributed by atoms with Gasteiger partial charge in [0.2, 0.25) is 0 Å². The SMILES string of the molecule is CCC(=O)c1ccc(OCCCCOc2ccc(Cl)cc2)c(N)c1. The van der Waals surface area contributed by atoms with E-state index in [2.05, 4.69) is 0 Å². The smallest absolute Gasteiger partial charge is 0.162 e. The predicted octanol–water partition coefficient (Wildman–Crippen LogP) is 4.75. The molecule has 0 atom stereocenters. The van der Waals surface area contributed by atoms with Crippen molar-refractivity contribution in [3.05, 3.63) is 53.1 Å². The van der Waals surface area contributed by atoms with E-state index in [4.69, 9.17) is 26.8 Å². The second-order valence-electron chi connectivity index (χ2n) is 5.39. The number of ether oxygens (including phenoxy) is 2. The zero-order valence-electron chi connectivity index (χ0n) is 13.8. The first kappa shape index (κ1) is 18.1. The predicted molar refractivity (Wildman–Crippen MR) is 97.2 cm³/mol. The highest BCUT2D eigenvalue weighted by atomic mass is 35.5. The van der Waals surface area contributed by atoms with Crippen LogP contribution in [0.3, 0.4) is 0 Å². The molecule has 0 unspecified atom stereocenters. The van der Waals surface area contributed by atoms with E-state index in [1.54, 1.807) is 30.3 Å². The fraction of sp³-hybridized carbons (Fsp3) is 0.316. The van der Waals surface area contributed by atoms with Gasteiger partial charge in [0.25, 0.3) is 0 Å². The molecule has 0 aliphatic heterocycles. The van der Waals surface area contributed by atoms with Crippen molar-refractivity contribution in [1.82, 2.24) is 0 Å². The molecule has 0 aliphatic rings. The zero-order valence-corrected chi connectivity index (χ0v) is 14.5. The first-order valence-electron chi connectivity index (χ1n) is 8.04. The normalized spacial score (nSPS) is 10.4. The topological polar surface area (TPSA) is 61.5 Å². The Balaban J connectivity index is 1.68. The average Bonchev–Trinajstić information content (AvgIpc) is 2.60. The van der Waals surface area contributed by atoms with Gasteiger partial charge in [-0.2, -0.15) is 0 Å². The number of rotatable bonds is 9. The Hall–Kier alpha value is -2.20. The van der Waals surface area contributed by atoms with Crippen LogP contribution in [0.15, 0.2) is 42.5 Å². The summed E-state index contributed by atoms with van der Waals surface area (Å²) < 4.78 is 11.3. The third-order valence-electron chi connectivity index (χ3n) is 3.53. The molecule has 0 saturated carbocycles. The molecule has 0 spiro atoms. The van der Waals surface area contributed by atoms with E-state index in [0.717, 1.165) is 18.6 Å². The maximum Gasteiger partial charge on any atom is 0.162 e. The number of hydrogen-bond acceptors (Lipinski definition) is 4. The molecule has 0 bridgehead atoms. The van der Waals surface area contributed by atoms with Crippen LogP contribution in [-0.2, 0) is 0 Å². The summed E-state index contributed by atoms with van der Waals surface area (Å²) in [6.07, 6.45) is 2.19. The van der Waals surface area contributed by atoms with Crippen LogP contribution in [0.2, 0.25) is 5.02 Å². The monoisotopic (exact) mass is 347 g/mol. The largest absolute Gasteiger partial charge is 0.494 e. The highest BCUT2D eigenvalue weighted by Crippen LogP contribution is 2.23. The van der Waals surface area contributed by atoms with E-state index in [0.29, 0.717) is 41.7 Å². The maximum atomic E-state index is 11.6. The van der Waals surface area contributed by atoms with Crippen molar-refractivity contribution >= 4 is 23.1 Å². The second-order valence-corrected chi connectivity index (χ2v) is 5.82. The van der Waals surface area contributed by atoms with Crippen molar-refractivity contribution < 1.29 is 14.3 Å². The molecule has 2 N–H and O–H groups in total. The minimum absolute atomic E-state index is 0.0765. The summed E-state index contributed by atoms with van der Waals surface area (Å²) in [5.41, 5.74) is 7.05. The van der Waals surface area contributed by atoms with Gasteiger partial charge in [-0.25, -0.2) is 0 Å². The van der Waals surface area contributed by atoms with E-state index in [1.165, 1.54) is 0 Å². The molecule has 0 fully saturated rings. The molecule has 24 heavy (non-hydrogen) atoms. The Morgan fingerprint density at radius 1 is 1.04 bits per heavy atom. The molecule has 2 rings (SSSR count). The van der Waals surface area contributed by atoms with Crippen LogP contribution >= 0.6 is 11.6 Å². The van der Waals surface area contributed by atoms with Gasteiger partial charge in [0.1, 0.15) is 11.5 Å². The van der Waals surface area contributed by atoms with Gasteiger partial charge < -0.3 is 15.2 Å². The maximum absolute atomic E-state index is 11.6. The lowest BCUT2D eigenvalue weighted by Crippen LogP contribution is -2.05. The molecular weight excluding hydrogens is 326 g/mol. The number of nitrogens with two attached hydrogens (primary N) is 1. The van der Waals surface area contributed by atoms with Crippen LogP contribution in [0.25, 0.3) is 0 Å². The Kier molecular flexibility index (Phi) is 6.94. The Morgan fingerprint density at radius 2 is 1.71 bits per heavy atom. The molecule has 0 radical (unpaired) electrons. The van der Waals surface area contributed by atoms with Crippen LogP contribution in [0, 0.1) is 0 Å². The number of halogens is 1. The minimum Gasteiger partial charge on any atom is -0.494 e. The molecule has 0 aromatic heterocycles. The lowest BCUT2D eigenvalue weighted by molar-refractivity contribution is 0.0988. The van der Waals surface area contributed by atoms with E-state index < -0.39 is 0 Å². The van der Waals surface area contributed by atoms with Crippen LogP contribution in [-0.4, -0.2) is 19.0 Å². The molecule has 0 aliphatic carbocycles. The number of carbonyl (C=O) groups excluding carboxylic acids is 1. The second kappa shape index (κ2) is 9.18. The van der Waals surface area contributed by atoms with Gasteiger partial charge in [-0.05, 0) is 55.3 Å². The van der Waals surface area contributed by atoms with Gasteiger partial charge in [-0.15, -0.1) is 0 Å². The minimum atomic E-state index is 0.0765. The summed E-state index contributed by atoms with van der Waals surface area (Å²) >= 11 is 5.82. The standard InChI is InChI=1S/C19H22ClNO3/c1-2-18(22)14-5-10-19(17(21)13-14)24-12-4-3-11-23-16-8-6-15(20)7-9-16/h5-10,13H,2-4,11-12,21H2,1H3. The number of anilines is 1. The fourth-order valence-electron chi connectivity index (χ4n) is 2.16. The Labute approximate surface area is 147 Å². The number of nitrogen functional groups attached to an aromatic ring is 1. The zero-order chi connectivity index (χ0) is 17.4. The van der Waals surface area contributed by atoms with Gasteiger partial charge in [-0.3, -0.25) is 4.79 Å². The molecule has 0 amide bonds. The van der Waals surface area contributed by atoms with E-state index >= 15 is 0 Å². The first-order valence-corrected chi connectivity index (χ1v) is 8.42. The molecule has 4 nitrogen and oxygen atoms in total. The summed E-state index contributed by atoms with van der Waals surface area (Å²) in [5, 5.41) is 0.694. The van der Waals surface area contributed by atoms with E-state index in [1.807, 2.05) is 19.1 Å². The number of Topliss-reactive ketones (excluding diaryl/α,β-unsaturated/α-hetero) is 1. The number of hydrogen-bond donors (Lipinski definition) is 1. The van der Waals surface area contributed by atoms with Crippen molar-refractivity contribution in [2.75, 3.05) is 18.9 Å². The van der Waals surface area contributed by atoms with Gasteiger partial charge in [0.15, 0.2) is 5.78 Å². The molecule has 128 valence electrons. The Bertz CT molecular complexity index is 671. The third kappa shape index (κ3) is 5.46. The molecular formula is C19H22ClNO3. The van der Waals surface area contributed by atoms with Crippen LogP contribution < -0.4 is 15.2 Å². The molecule has 2 aromatic carbocycles. The molecule has 0 heterocycles.